The Morgan fingerprint density at radius 2 is 1.21 bits per heavy atom. The van der Waals surface area contributed by atoms with Crippen LogP contribution in [0.1, 0.15) is 0 Å². The average molecular weight is 523 g/mol. The van der Waals surface area contributed by atoms with Crippen LogP contribution in [0.4, 0.5) is 0 Å². The van der Waals surface area contributed by atoms with Crippen molar-refractivity contribution in [2.24, 2.45) is 0 Å². The van der Waals surface area contributed by atoms with Crippen LogP contribution in [0.3, 0.4) is 0 Å². The highest BCUT2D eigenvalue weighted by Gasteiger charge is 2.20. The molecule has 5 aromatic carbocycles. The largest absolute Gasteiger partial charge is 0.456 e. The van der Waals surface area contributed by atoms with Gasteiger partial charge in [-0.15, -0.1) is 0 Å². The molecule has 0 atom stereocenters. The van der Waals surface area contributed by atoms with Crippen molar-refractivity contribution in [2.75, 3.05) is 0 Å². The van der Waals surface area contributed by atoms with Gasteiger partial charge in [0.2, 0.25) is 5.95 Å². The molecule has 0 fully saturated rings. The number of furan rings is 1. The number of para-hydroxylation sites is 3. The molecule has 3 heterocycles. The summed E-state index contributed by atoms with van der Waals surface area (Å²) in [6.07, 6.45) is 0. The molecule has 5 nitrogen and oxygen atoms in total. The molecule has 184 valence electrons. The fourth-order valence-electron chi connectivity index (χ4n) is 5.44. The van der Waals surface area contributed by atoms with Crippen molar-refractivity contribution < 1.29 is 4.42 Å². The minimum atomic E-state index is 0.539. The molecule has 3 aromatic heterocycles. The minimum Gasteiger partial charge on any atom is -0.456 e. The summed E-state index contributed by atoms with van der Waals surface area (Å²) < 4.78 is 8.28. The Morgan fingerprint density at radius 3 is 1.97 bits per heavy atom. The van der Waals surface area contributed by atoms with E-state index in [2.05, 4.69) is 47.0 Å². The van der Waals surface area contributed by atoms with E-state index in [1.165, 1.54) is 0 Å². The zero-order valence-corrected chi connectivity index (χ0v) is 21.3. The van der Waals surface area contributed by atoms with Crippen LogP contribution < -0.4 is 0 Å². The summed E-state index contributed by atoms with van der Waals surface area (Å²) >= 11 is 6.39. The van der Waals surface area contributed by atoms with E-state index in [9.17, 15) is 0 Å². The van der Waals surface area contributed by atoms with Crippen molar-refractivity contribution in [2.45, 2.75) is 0 Å². The normalized spacial score (nSPS) is 11.7. The molecular weight excluding hydrogens is 504 g/mol. The Kier molecular flexibility index (Phi) is 4.81. The predicted octanol–water partition coefficient (Wildman–Crippen LogP) is 8.86. The molecule has 0 amide bonds. The first kappa shape index (κ1) is 22.0. The standard InChI is InChI=1S/C33H19ClN4O/c34-21-10-7-9-20(19-21)31-35-32(25-14-8-18-29-30(25)24-13-3-6-17-28(24)39-29)37-33(36-31)38-26-15-4-1-11-22(26)23-12-2-5-16-27(23)38/h1-19H. The molecule has 0 radical (unpaired) electrons. The van der Waals surface area contributed by atoms with Crippen LogP contribution in [0.15, 0.2) is 120 Å². The van der Waals surface area contributed by atoms with E-state index in [0.29, 0.717) is 22.6 Å². The van der Waals surface area contributed by atoms with Gasteiger partial charge in [0.1, 0.15) is 11.2 Å². The highest BCUT2D eigenvalue weighted by Crippen LogP contribution is 2.37. The predicted molar refractivity (Wildman–Crippen MR) is 157 cm³/mol. The van der Waals surface area contributed by atoms with Crippen molar-refractivity contribution in [1.29, 1.82) is 0 Å². The lowest BCUT2D eigenvalue weighted by Crippen LogP contribution is -2.06. The van der Waals surface area contributed by atoms with Crippen molar-refractivity contribution in [3.05, 3.63) is 120 Å². The molecule has 39 heavy (non-hydrogen) atoms. The van der Waals surface area contributed by atoms with Gasteiger partial charge in [-0.1, -0.05) is 90.5 Å². The second kappa shape index (κ2) is 8.51. The summed E-state index contributed by atoms with van der Waals surface area (Å²) in [5, 5.41) is 4.90. The van der Waals surface area contributed by atoms with Crippen LogP contribution >= 0.6 is 11.6 Å². The third kappa shape index (κ3) is 3.44. The van der Waals surface area contributed by atoms with E-state index in [4.69, 9.17) is 31.0 Å². The highest BCUT2D eigenvalue weighted by atomic mass is 35.5. The van der Waals surface area contributed by atoms with E-state index in [-0.39, 0.29) is 0 Å². The number of rotatable bonds is 3. The van der Waals surface area contributed by atoms with E-state index >= 15 is 0 Å². The molecule has 0 bridgehead atoms. The van der Waals surface area contributed by atoms with Gasteiger partial charge in [-0.25, -0.2) is 4.98 Å². The van der Waals surface area contributed by atoms with Gasteiger partial charge in [0.05, 0.1) is 11.0 Å². The molecular formula is C33H19ClN4O. The van der Waals surface area contributed by atoms with Gasteiger partial charge in [0.15, 0.2) is 11.6 Å². The van der Waals surface area contributed by atoms with Crippen LogP contribution in [-0.4, -0.2) is 19.5 Å². The lowest BCUT2D eigenvalue weighted by Gasteiger charge is -2.11. The van der Waals surface area contributed by atoms with Crippen LogP contribution in [0.5, 0.6) is 0 Å². The lowest BCUT2D eigenvalue weighted by atomic mass is 10.1. The molecule has 0 saturated heterocycles. The topological polar surface area (TPSA) is 56.7 Å². The first-order valence-electron chi connectivity index (χ1n) is 12.7. The summed E-state index contributed by atoms with van der Waals surface area (Å²) in [6, 6.07) is 38.3. The van der Waals surface area contributed by atoms with E-state index in [1.54, 1.807) is 0 Å². The van der Waals surface area contributed by atoms with E-state index < -0.39 is 0 Å². The number of hydrogen-bond donors (Lipinski definition) is 0. The van der Waals surface area contributed by atoms with Gasteiger partial charge < -0.3 is 4.42 Å². The maximum absolute atomic E-state index is 6.39. The Morgan fingerprint density at radius 1 is 0.564 bits per heavy atom. The van der Waals surface area contributed by atoms with Crippen molar-refractivity contribution >= 4 is 55.3 Å². The SMILES string of the molecule is Clc1cccc(-c2nc(-c3cccc4oc5ccccc5c34)nc(-n3c4ccccc4c4ccccc43)n2)c1. The monoisotopic (exact) mass is 522 g/mol. The molecule has 0 aliphatic heterocycles. The van der Waals surface area contributed by atoms with Gasteiger partial charge in [-0.2, -0.15) is 9.97 Å². The van der Waals surface area contributed by atoms with Gasteiger partial charge in [0, 0.05) is 37.7 Å². The van der Waals surface area contributed by atoms with Crippen LogP contribution in [-0.2, 0) is 0 Å². The zero-order chi connectivity index (χ0) is 25.9. The van der Waals surface area contributed by atoms with Crippen molar-refractivity contribution in [3.63, 3.8) is 0 Å². The molecule has 0 spiro atoms. The highest BCUT2D eigenvalue weighted by molar-refractivity contribution is 6.30. The fourth-order valence-corrected chi connectivity index (χ4v) is 5.63. The smallest absolute Gasteiger partial charge is 0.238 e. The number of halogens is 1. The maximum atomic E-state index is 6.39. The summed E-state index contributed by atoms with van der Waals surface area (Å²) in [6.45, 7) is 0. The van der Waals surface area contributed by atoms with Crippen LogP contribution in [0.2, 0.25) is 5.02 Å². The first-order chi connectivity index (χ1) is 19.2. The number of benzene rings is 5. The molecule has 8 aromatic rings. The number of aromatic nitrogens is 4. The molecule has 0 unspecified atom stereocenters. The molecule has 0 saturated carbocycles. The minimum absolute atomic E-state index is 0.539. The summed E-state index contributed by atoms with van der Waals surface area (Å²) in [4.78, 5) is 15.1. The lowest BCUT2D eigenvalue weighted by molar-refractivity contribution is 0.669. The third-order valence-corrected chi connectivity index (χ3v) is 7.37. The molecule has 0 aliphatic carbocycles. The van der Waals surface area contributed by atoms with Gasteiger partial charge in [-0.3, -0.25) is 4.57 Å². The molecule has 0 N–H and O–H groups in total. The Labute approximate surface area is 228 Å². The van der Waals surface area contributed by atoms with Gasteiger partial charge in [-0.05, 0) is 36.4 Å². The van der Waals surface area contributed by atoms with Crippen LogP contribution in [0.25, 0.3) is 72.5 Å². The van der Waals surface area contributed by atoms with Gasteiger partial charge >= 0.3 is 0 Å². The number of hydrogen-bond acceptors (Lipinski definition) is 4. The number of fused-ring (bicyclic) bond motifs is 6. The number of nitrogens with zero attached hydrogens (tertiary/aromatic N) is 4. The first-order valence-corrected chi connectivity index (χ1v) is 13.0. The third-order valence-electron chi connectivity index (χ3n) is 7.13. The van der Waals surface area contributed by atoms with Gasteiger partial charge in [0.25, 0.3) is 0 Å². The second-order valence-corrected chi connectivity index (χ2v) is 9.88. The summed E-state index contributed by atoms with van der Waals surface area (Å²) in [5.41, 5.74) is 5.37. The molecule has 0 aliphatic rings. The fraction of sp³-hybridized carbons (Fsp3) is 0. The average Bonchev–Trinajstić information content (AvgIpc) is 3.53. The Hall–Kier alpha value is -5.00. The Bertz CT molecular complexity index is 2160. The zero-order valence-electron chi connectivity index (χ0n) is 20.5. The quantitative estimate of drug-likeness (QED) is 0.232. The van der Waals surface area contributed by atoms with Crippen molar-refractivity contribution in [1.82, 2.24) is 19.5 Å². The maximum Gasteiger partial charge on any atom is 0.238 e. The van der Waals surface area contributed by atoms with Crippen molar-refractivity contribution in [3.8, 4) is 28.7 Å². The van der Waals surface area contributed by atoms with E-state index in [0.717, 1.165) is 54.9 Å². The summed E-state index contributed by atoms with van der Waals surface area (Å²) in [7, 11) is 0. The van der Waals surface area contributed by atoms with Crippen LogP contribution in [0, 0.1) is 0 Å². The molecule has 8 rings (SSSR count). The Balaban J connectivity index is 1.48. The molecule has 6 heteroatoms. The summed E-state index contributed by atoms with van der Waals surface area (Å²) in [5.74, 6) is 1.65. The van der Waals surface area contributed by atoms with E-state index in [1.807, 2.05) is 72.8 Å². The second-order valence-electron chi connectivity index (χ2n) is 9.44.